The molecular weight excluding hydrogens is 443 g/mol. The predicted molar refractivity (Wildman–Crippen MR) is 73.2 cm³/mol. The van der Waals surface area contributed by atoms with Gasteiger partial charge in [0, 0.05) is 0 Å². The average Bonchev–Trinajstić information content (AvgIpc) is 2.45. The van der Waals surface area contributed by atoms with Crippen LogP contribution >= 0.6 is 0 Å². The van der Waals surface area contributed by atoms with Gasteiger partial charge in [0.05, 0.1) is 0 Å². The molecule has 0 aliphatic carbocycles. The number of benzene rings is 2. The number of hydrogen-bond donors (Lipinski definition) is 1. The van der Waals surface area contributed by atoms with Crippen LogP contribution in [0, 0.1) is 0 Å². The van der Waals surface area contributed by atoms with Gasteiger partial charge in [-0.15, -0.1) is 0 Å². The summed E-state index contributed by atoms with van der Waals surface area (Å²) in [6.07, 6.45) is 1.63. The van der Waals surface area contributed by atoms with Crippen LogP contribution in [-0.4, -0.2) is 17.3 Å². The topological polar surface area (TPSA) is 58.9 Å². The zero-order chi connectivity index (χ0) is 14.4. The van der Waals surface area contributed by atoms with E-state index in [9.17, 15) is 9.90 Å². The summed E-state index contributed by atoms with van der Waals surface area (Å²) in [5.41, 5.74) is 1.48. The molecule has 0 fully saturated rings. The van der Waals surface area contributed by atoms with Crippen LogP contribution in [0.25, 0.3) is 0 Å². The molecule has 2 aromatic rings. The van der Waals surface area contributed by atoms with Gasteiger partial charge in [-0.05, 0) is 0 Å². The Labute approximate surface area is 130 Å². The van der Waals surface area contributed by atoms with E-state index in [2.05, 4.69) is 4.99 Å². The van der Waals surface area contributed by atoms with Crippen molar-refractivity contribution >= 4 is 20.9 Å². The molecule has 0 bridgehead atoms. The van der Waals surface area contributed by atoms with Gasteiger partial charge in [-0.2, -0.15) is 0 Å². The molecule has 0 radical (unpaired) electrons. The fourth-order valence-corrected chi connectivity index (χ4v) is 4.71. The van der Waals surface area contributed by atoms with Crippen LogP contribution in [0.5, 0.6) is 5.75 Å². The molecule has 0 aliphatic heterocycles. The van der Waals surface area contributed by atoms with Crippen LogP contribution in [0.2, 0.25) is 0 Å². The summed E-state index contributed by atoms with van der Waals surface area (Å²) < 4.78 is 6.25. The van der Waals surface area contributed by atoms with Crippen molar-refractivity contribution in [3.05, 3.63) is 54.1 Å². The first-order valence-corrected chi connectivity index (χ1v) is 11.2. The quantitative estimate of drug-likeness (QED) is 0.568. The second-order valence-corrected chi connectivity index (χ2v) is 9.68. The van der Waals surface area contributed by atoms with E-state index < -0.39 is 25.0 Å². The zero-order valence-electron chi connectivity index (χ0n) is 11.1. The van der Waals surface area contributed by atoms with Crippen LogP contribution < -0.4 is 3.07 Å². The van der Waals surface area contributed by atoms with Crippen molar-refractivity contribution in [1.82, 2.24) is 0 Å². The van der Waals surface area contributed by atoms with Crippen LogP contribution in [0.4, 0.5) is 5.69 Å². The first kappa shape index (κ1) is 14.7. The number of carbonyl (C=O) groups is 1. The van der Waals surface area contributed by atoms with Crippen molar-refractivity contribution in [1.29, 1.82) is 0 Å². The molecule has 0 atom stereocenters. The number of hydrogen-bond acceptors (Lipinski definition) is 4. The van der Waals surface area contributed by atoms with Gasteiger partial charge >= 0.3 is 130 Å². The van der Waals surface area contributed by atoms with Gasteiger partial charge in [0.2, 0.25) is 0 Å². The molecule has 0 saturated heterocycles. The van der Waals surface area contributed by atoms with E-state index in [4.69, 9.17) is 2.64 Å². The van der Waals surface area contributed by atoms with E-state index >= 15 is 0 Å². The molecule has 4 nitrogen and oxygen atoms in total. The normalized spacial score (nSPS) is 10.2. The van der Waals surface area contributed by atoms with Gasteiger partial charge in [0.25, 0.3) is 0 Å². The molecule has 2 rings (SSSR count). The summed E-state index contributed by atoms with van der Waals surface area (Å²) in [6.45, 7) is 1.44. The van der Waals surface area contributed by atoms with E-state index in [0.717, 1.165) is 8.76 Å². The predicted octanol–water partition coefficient (Wildman–Crippen LogP) is 2.33. The van der Waals surface area contributed by atoms with Crippen molar-refractivity contribution in [2.75, 3.05) is 0 Å². The number of phenolic OH excluding ortho intramolecular Hbond substituents is 1. The molecule has 0 aromatic heterocycles. The SMILES string of the molecule is CC(=O)[O][Hg][c]1ccc(N=Cc2ccccc2O)cc1. The molecule has 0 amide bonds. The molecule has 20 heavy (non-hydrogen) atoms. The Morgan fingerprint density at radius 1 is 1.20 bits per heavy atom. The van der Waals surface area contributed by atoms with Crippen molar-refractivity contribution in [2.45, 2.75) is 6.92 Å². The van der Waals surface area contributed by atoms with Crippen molar-refractivity contribution in [2.24, 2.45) is 4.99 Å². The second kappa shape index (κ2) is 7.19. The maximum atomic E-state index is 10.8. The minimum atomic E-state index is -1.74. The summed E-state index contributed by atoms with van der Waals surface area (Å²) in [7, 11) is 0. The van der Waals surface area contributed by atoms with Gasteiger partial charge in [-0.1, -0.05) is 0 Å². The van der Waals surface area contributed by atoms with Crippen LogP contribution in [0.3, 0.4) is 0 Å². The first-order chi connectivity index (χ1) is 9.65. The van der Waals surface area contributed by atoms with E-state index in [1.54, 1.807) is 24.4 Å². The van der Waals surface area contributed by atoms with E-state index in [1.807, 2.05) is 30.3 Å². The molecule has 98 valence electrons. The van der Waals surface area contributed by atoms with Crippen molar-refractivity contribution in [3.8, 4) is 5.75 Å². The summed E-state index contributed by atoms with van der Waals surface area (Å²) in [5, 5.41) is 9.62. The summed E-state index contributed by atoms with van der Waals surface area (Å²) in [5.74, 6) is 0.00731. The standard InChI is InChI=1S/C13H10NO.C2H4O2.Hg/c15-13-9-5-4-6-11(13)10-14-12-7-2-1-3-8-12;1-2(3)4;/h2-10,15H;1H3,(H,3,4);/q;;+1/p-1. The number of nitrogens with zero attached hydrogens (tertiary/aromatic N) is 1. The maximum absolute atomic E-state index is 10.8. The van der Waals surface area contributed by atoms with Crippen LogP contribution in [0.15, 0.2) is 53.5 Å². The van der Waals surface area contributed by atoms with E-state index in [0.29, 0.717) is 5.56 Å². The van der Waals surface area contributed by atoms with Gasteiger partial charge in [-0.25, -0.2) is 0 Å². The van der Waals surface area contributed by atoms with Gasteiger partial charge in [0.15, 0.2) is 0 Å². The molecule has 0 heterocycles. The third kappa shape index (κ3) is 4.45. The minimum absolute atomic E-state index is 0.201. The van der Waals surface area contributed by atoms with Crippen molar-refractivity contribution < 1.29 is 37.6 Å². The van der Waals surface area contributed by atoms with Crippen molar-refractivity contribution in [3.63, 3.8) is 0 Å². The first-order valence-electron chi connectivity index (χ1n) is 6.19. The fourth-order valence-electron chi connectivity index (χ4n) is 1.60. The van der Waals surface area contributed by atoms with Gasteiger partial charge < -0.3 is 0 Å². The Hall–Kier alpha value is -1.68. The summed E-state index contributed by atoms with van der Waals surface area (Å²) >= 11 is -1.74. The molecule has 0 aliphatic rings. The van der Waals surface area contributed by atoms with Gasteiger partial charge in [-0.3, -0.25) is 0 Å². The second-order valence-electron chi connectivity index (χ2n) is 4.26. The molecule has 2 aromatic carbocycles. The zero-order valence-corrected chi connectivity index (χ0v) is 16.6. The molecule has 0 unspecified atom stereocenters. The molecule has 5 heteroatoms. The summed E-state index contributed by atoms with van der Waals surface area (Å²) in [6, 6.07) is 14.7. The molecule has 1 N–H and O–H groups in total. The Kier molecular flexibility index (Phi) is 5.29. The average molecular weight is 456 g/mol. The third-order valence-electron chi connectivity index (χ3n) is 2.67. The Bertz CT molecular complexity index is 623. The Morgan fingerprint density at radius 2 is 1.90 bits per heavy atom. The molecule has 0 saturated carbocycles. The number of aromatic hydroxyl groups is 1. The van der Waals surface area contributed by atoms with E-state index in [1.165, 1.54) is 6.92 Å². The Balaban J connectivity index is 2.04. The Morgan fingerprint density at radius 3 is 2.55 bits per heavy atom. The number of para-hydroxylation sites is 1. The van der Waals surface area contributed by atoms with Gasteiger partial charge in [0.1, 0.15) is 0 Å². The number of phenols is 1. The monoisotopic (exact) mass is 457 g/mol. The van der Waals surface area contributed by atoms with E-state index in [-0.39, 0.29) is 11.7 Å². The van der Waals surface area contributed by atoms with Crippen LogP contribution in [-0.2, 0) is 32.5 Å². The number of rotatable bonds is 4. The third-order valence-corrected chi connectivity index (χ3v) is 7.94. The fraction of sp³-hybridized carbons (Fsp3) is 0.0667. The van der Waals surface area contributed by atoms with Crippen LogP contribution in [0.1, 0.15) is 12.5 Å². The molecular formula is C15H13HgNO3. The number of carbonyl (C=O) groups excluding carboxylic acids is 1. The number of aliphatic imine (C=N–C) groups is 1. The summed E-state index contributed by atoms with van der Waals surface area (Å²) in [4.78, 5) is 15.1. The molecule has 0 spiro atoms.